The summed E-state index contributed by atoms with van der Waals surface area (Å²) in [6.45, 7) is 3.79. The molecule has 2 aliphatic heterocycles. The summed E-state index contributed by atoms with van der Waals surface area (Å²) in [5.41, 5.74) is 1.55. The van der Waals surface area contributed by atoms with E-state index in [4.69, 9.17) is 14.2 Å². The molecule has 2 atom stereocenters. The van der Waals surface area contributed by atoms with E-state index in [0.29, 0.717) is 17.5 Å². The molecule has 0 radical (unpaired) electrons. The summed E-state index contributed by atoms with van der Waals surface area (Å²) in [6.07, 6.45) is 9.90. The Bertz CT molecular complexity index is 950. The predicted octanol–water partition coefficient (Wildman–Crippen LogP) is 4.34. The third kappa shape index (κ3) is 4.03. The normalized spacial score (nSPS) is 25.1. The van der Waals surface area contributed by atoms with Crippen LogP contribution in [0.25, 0.3) is 0 Å². The molecule has 3 fully saturated rings. The Morgan fingerprint density at radius 1 is 1.00 bits per heavy atom. The smallest absolute Gasteiger partial charge is 0.410 e. The van der Waals surface area contributed by atoms with Crippen LogP contribution in [-0.4, -0.2) is 50.2 Å². The number of piperidine rings is 1. The molecular weight excluding hydrogens is 396 g/mol. The van der Waals surface area contributed by atoms with Gasteiger partial charge < -0.3 is 19.1 Å². The van der Waals surface area contributed by atoms with Crippen LogP contribution in [-0.2, 0) is 4.74 Å². The first-order valence-electron chi connectivity index (χ1n) is 11.1. The van der Waals surface area contributed by atoms with Gasteiger partial charge in [0, 0.05) is 31.1 Å². The first-order chi connectivity index (χ1) is 15.1. The van der Waals surface area contributed by atoms with E-state index in [1.54, 1.807) is 6.20 Å². The summed E-state index contributed by atoms with van der Waals surface area (Å²) in [6, 6.07) is 4.04. The molecule has 1 aliphatic carbocycles. The number of pyridine rings is 1. The molecule has 0 spiro atoms. The lowest BCUT2D eigenvalue weighted by Crippen LogP contribution is -2.50. The van der Waals surface area contributed by atoms with E-state index in [1.165, 1.54) is 6.33 Å². The summed E-state index contributed by atoms with van der Waals surface area (Å²) in [5.74, 6) is 1.65. The molecule has 8 heteroatoms. The number of carbonyl (C=O) groups is 1. The lowest BCUT2D eigenvalue weighted by Gasteiger charge is -2.39. The van der Waals surface area contributed by atoms with Crippen LogP contribution >= 0.6 is 0 Å². The minimum atomic E-state index is -0.142. The van der Waals surface area contributed by atoms with Crippen molar-refractivity contribution in [2.24, 2.45) is 0 Å². The maximum absolute atomic E-state index is 12.6. The van der Waals surface area contributed by atoms with Gasteiger partial charge in [0.2, 0.25) is 11.8 Å². The molecule has 1 saturated carbocycles. The minimum Gasteiger partial charge on any atom is -0.474 e. The molecule has 3 aliphatic rings. The molecule has 31 heavy (non-hydrogen) atoms. The summed E-state index contributed by atoms with van der Waals surface area (Å²) < 4.78 is 17.9. The van der Waals surface area contributed by atoms with Crippen molar-refractivity contribution >= 4 is 6.09 Å². The van der Waals surface area contributed by atoms with Gasteiger partial charge in [0.05, 0.1) is 11.3 Å². The minimum absolute atomic E-state index is 0.00632. The monoisotopic (exact) mass is 424 g/mol. The molecule has 2 aromatic heterocycles. The van der Waals surface area contributed by atoms with Crippen molar-refractivity contribution in [1.82, 2.24) is 19.9 Å². The van der Waals surface area contributed by atoms with Crippen LogP contribution in [0.4, 0.5) is 4.79 Å². The first kappa shape index (κ1) is 20.0. The topological polar surface area (TPSA) is 86.7 Å². The quantitative estimate of drug-likeness (QED) is 0.705. The van der Waals surface area contributed by atoms with E-state index < -0.39 is 0 Å². The van der Waals surface area contributed by atoms with Gasteiger partial charge >= 0.3 is 6.09 Å². The molecule has 2 bridgehead atoms. The number of amides is 1. The fraction of sp³-hybridized carbons (Fsp3) is 0.565. The van der Waals surface area contributed by atoms with Crippen LogP contribution in [0.2, 0.25) is 0 Å². The Balaban J connectivity index is 1.25. The highest BCUT2D eigenvalue weighted by molar-refractivity contribution is 5.69. The molecule has 164 valence electrons. The molecule has 2 saturated heterocycles. The zero-order chi connectivity index (χ0) is 21.4. The van der Waals surface area contributed by atoms with E-state index >= 15 is 0 Å². The molecule has 1 amide bonds. The van der Waals surface area contributed by atoms with Gasteiger partial charge in [-0.3, -0.25) is 4.98 Å². The van der Waals surface area contributed by atoms with Crippen LogP contribution < -0.4 is 9.47 Å². The number of rotatable bonds is 5. The fourth-order valence-electron chi connectivity index (χ4n) is 4.69. The average Bonchev–Trinajstić information content (AvgIpc) is 3.00. The van der Waals surface area contributed by atoms with Crippen LogP contribution in [0.15, 0.2) is 24.7 Å². The highest BCUT2D eigenvalue weighted by Crippen LogP contribution is 2.39. The first-order valence-corrected chi connectivity index (χ1v) is 11.1. The Morgan fingerprint density at radius 3 is 2.42 bits per heavy atom. The second kappa shape index (κ2) is 8.32. The Hall–Kier alpha value is -2.90. The fourth-order valence-corrected chi connectivity index (χ4v) is 4.69. The number of nitrogens with zero attached hydrogens (tertiary/aromatic N) is 4. The summed E-state index contributed by atoms with van der Waals surface area (Å²) >= 11 is 0. The summed E-state index contributed by atoms with van der Waals surface area (Å²) in [5, 5.41) is 0. The third-order valence-electron chi connectivity index (χ3n) is 6.66. The lowest BCUT2D eigenvalue weighted by molar-refractivity contribution is -0.00516. The largest absolute Gasteiger partial charge is 0.474 e. The molecule has 2 aromatic rings. The van der Waals surface area contributed by atoms with Gasteiger partial charge in [0.1, 0.15) is 18.5 Å². The average molecular weight is 425 g/mol. The highest BCUT2D eigenvalue weighted by Gasteiger charge is 2.45. The standard InChI is InChI=1S/C23H28N4O4/c1-14-21(25-13-26-22(14)31-20-7-4-10-24-15(20)2)29-19-11-16-8-9-17(12-19)27(16)23(28)30-18-5-3-6-18/h4,7,10,13,16-19H,3,5-6,8-9,11-12H2,1-2H3/t16-,17-/m0/s1. The molecule has 4 heterocycles. The molecule has 0 N–H and O–H groups in total. The maximum Gasteiger partial charge on any atom is 0.410 e. The van der Waals surface area contributed by atoms with Crippen molar-refractivity contribution in [1.29, 1.82) is 0 Å². The number of hydrogen-bond donors (Lipinski definition) is 0. The second-order valence-electron chi connectivity index (χ2n) is 8.74. The Morgan fingerprint density at radius 2 is 1.74 bits per heavy atom. The molecule has 0 aromatic carbocycles. The predicted molar refractivity (Wildman–Crippen MR) is 112 cm³/mol. The summed E-state index contributed by atoms with van der Waals surface area (Å²) in [7, 11) is 0. The molecule has 8 nitrogen and oxygen atoms in total. The lowest BCUT2D eigenvalue weighted by atomic mass is 9.96. The van der Waals surface area contributed by atoms with E-state index in [1.807, 2.05) is 30.9 Å². The number of hydrogen-bond acceptors (Lipinski definition) is 7. The van der Waals surface area contributed by atoms with Crippen molar-refractivity contribution in [3.63, 3.8) is 0 Å². The van der Waals surface area contributed by atoms with Crippen molar-refractivity contribution in [2.75, 3.05) is 0 Å². The molecule has 0 unspecified atom stereocenters. The van der Waals surface area contributed by atoms with Gasteiger partial charge in [-0.2, -0.15) is 0 Å². The Labute approximate surface area is 182 Å². The third-order valence-corrected chi connectivity index (χ3v) is 6.66. The number of carbonyl (C=O) groups excluding carboxylic acids is 1. The van der Waals surface area contributed by atoms with Crippen LogP contribution in [0.5, 0.6) is 17.5 Å². The van der Waals surface area contributed by atoms with Gasteiger partial charge in [-0.15, -0.1) is 0 Å². The summed E-state index contributed by atoms with van der Waals surface area (Å²) in [4.78, 5) is 27.5. The highest BCUT2D eigenvalue weighted by atomic mass is 16.6. The van der Waals surface area contributed by atoms with Gasteiger partial charge in [-0.05, 0) is 58.1 Å². The Kier molecular flexibility index (Phi) is 5.38. The molecular formula is C23H28N4O4. The van der Waals surface area contributed by atoms with Gasteiger partial charge in [-0.1, -0.05) is 0 Å². The second-order valence-corrected chi connectivity index (χ2v) is 8.74. The van der Waals surface area contributed by atoms with Gasteiger partial charge in [0.15, 0.2) is 5.75 Å². The van der Waals surface area contributed by atoms with Crippen molar-refractivity contribution in [2.45, 2.75) is 83.1 Å². The van der Waals surface area contributed by atoms with E-state index in [2.05, 4.69) is 15.0 Å². The number of ether oxygens (including phenoxy) is 3. The van der Waals surface area contributed by atoms with Gasteiger partial charge in [0.25, 0.3) is 0 Å². The van der Waals surface area contributed by atoms with Crippen LogP contribution in [0, 0.1) is 13.8 Å². The zero-order valence-corrected chi connectivity index (χ0v) is 18.0. The SMILES string of the molecule is Cc1ncccc1Oc1ncnc(OC2C[C@@H]3CC[C@@H](C2)N3C(=O)OC2CCC2)c1C. The van der Waals surface area contributed by atoms with Crippen molar-refractivity contribution < 1.29 is 19.0 Å². The van der Waals surface area contributed by atoms with Crippen molar-refractivity contribution in [3.05, 3.63) is 35.9 Å². The van der Waals surface area contributed by atoms with Crippen LogP contribution in [0.3, 0.4) is 0 Å². The van der Waals surface area contributed by atoms with E-state index in [-0.39, 0.29) is 30.4 Å². The van der Waals surface area contributed by atoms with Gasteiger partial charge in [-0.25, -0.2) is 14.8 Å². The zero-order valence-electron chi connectivity index (χ0n) is 18.0. The number of aromatic nitrogens is 3. The number of aryl methyl sites for hydroxylation is 1. The van der Waals surface area contributed by atoms with E-state index in [0.717, 1.165) is 56.2 Å². The maximum atomic E-state index is 12.6. The molecule has 5 rings (SSSR count). The number of fused-ring (bicyclic) bond motifs is 2. The van der Waals surface area contributed by atoms with Crippen LogP contribution in [0.1, 0.15) is 56.2 Å². The van der Waals surface area contributed by atoms with Crippen molar-refractivity contribution in [3.8, 4) is 17.5 Å². The van der Waals surface area contributed by atoms with E-state index in [9.17, 15) is 4.79 Å².